The average Bonchev–Trinajstić information content (AvgIpc) is 2.65. The van der Waals surface area contributed by atoms with Crippen molar-refractivity contribution < 1.29 is 9.84 Å². The van der Waals surface area contributed by atoms with Crippen molar-refractivity contribution in [3.63, 3.8) is 0 Å². The molecule has 134 valence electrons. The molecule has 3 aromatic rings. The maximum absolute atomic E-state index is 12.2. The van der Waals surface area contributed by atoms with Gasteiger partial charge >= 0.3 is 0 Å². The number of hydrogen-bond donors (Lipinski definition) is 1. The van der Waals surface area contributed by atoms with Crippen molar-refractivity contribution in [2.24, 2.45) is 0 Å². The van der Waals surface area contributed by atoms with Gasteiger partial charge in [0.1, 0.15) is 6.61 Å². The predicted octanol–water partition coefficient (Wildman–Crippen LogP) is 4.12. The van der Waals surface area contributed by atoms with Crippen LogP contribution in [0.4, 0.5) is 0 Å². The van der Waals surface area contributed by atoms with Gasteiger partial charge in [0.25, 0.3) is 0 Å². The molecule has 0 amide bonds. The second kappa shape index (κ2) is 8.21. The number of ether oxygens (including phenoxy) is 1. The van der Waals surface area contributed by atoms with E-state index in [1.807, 2.05) is 41.8 Å². The summed E-state index contributed by atoms with van der Waals surface area (Å²) in [5, 5.41) is 11.1. The topological polar surface area (TPSA) is 51.5 Å². The zero-order valence-corrected chi connectivity index (χ0v) is 15.2. The summed E-state index contributed by atoms with van der Waals surface area (Å²) in [6, 6.07) is 18.2. The van der Waals surface area contributed by atoms with Crippen LogP contribution >= 0.6 is 11.6 Å². The third kappa shape index (κ3) is 4.34. The van der Waals surface area contributed by atoms with E-state index >= 15 is 0 Å². The molecule has 1 N–H and O–H groups in total. The van der Waals surface area contributed by atoms with Crippen molar-refractivity contribution in [1.29, 1.82) is 0 Å². The Balaban J connectivity index is 1.78. The van der Waals surface area contributed by atoms with E-state index in [0.717, 1.165) is 11.1 Å². The highest BCUT2D eigenvalue weighted by Gasteiger charge is 2.13. The quantitative estimate of drug-likeness (QED) is 0.711. The number of nitrogens with zero attached hydrogens (tertiary/aromatic N) is 1. The summed E-state index contributed by atoms with van der Waals surface area (Å²) in [6.07, 6.45) is 0.960. The fourth-order valence-corrected chi connectivity index (χ4v) is 2.86. The van der Waals surface area contributed by atoms with Gasteiger partial charge in [-0.1, -0.05) is 54.1 Å². The van der Waals surface area contributed by atoms with E-state index in [-0.39, 0.29) is 5.43 Å². The predicted molar refractivity (Wildman–Crippen MR) is 103 cm³/mol. The van der Waals surface area contributed by atoms with E-state index in [2.05, 4.69) is 0 Å². The molecule has 0 fully saturated rings. The number of rotatable bonds is 6. The molecule has 0 spiro atoms. The van der Waals surface area contributed by atoms with E-state index in [4.69, 9.17) is 16.3 Å². The molecule has 0 saturated carbocycles. The van der Waals surface area contributed by atoms with Gasteiger partial charge in [0.05, 0.1) is 18.3 Å². The van der Waals surface area contributed by atoms with Crippen molar-refractivity contribution in [2.45, 2.75) is 26.2 Å². The highest BCUT2D eigenvalue weighted by molar-refractivity contribution is 6.30. The van der Waals surface area contributed by atoms with Gasteiger partial charge in [-0.25, -0.2) is 0 Å². The molecule has 26 heavy (non-hydrogen) atoms. The normalized spacial score (nSPS) is 12.0. The summed E-state index contributed by atoms with van der Waals surface area (Å²) in [4.78, 5) is 12.2. The number of aliphatic hydroxyl groups is 1. The first-order valence-corrected chi connectivity index (χ1v) is 8.72. The number of aromatic nitrogens is 1. The zero-order valence-electron chi connectivity index (χ0n) is 14.4. The van der Waals surface area contributed by atoms with E-state index < -0.39 is 6.10 Å². The first kappa shape index (κ1) is 18.2. The number of benzene rings is 2. The number of hydrogen-bond acceptors (Lipinski definition) is 3. The first-order valence-electron chi connectivity index (χ1n) is 8.35. The molecule has 2 aromatic carbocycles. The number of aliphatic hydroxyl groups excluding tert-OH is 1. The summed E-state index contributed by atoms with van der Waals surface area (Å²) in [7, 11) is 0. The number of pyridine rings is 1. The lowest BCUT2D eigenvalue weighted by atomic mass is 10.1. The fraction of sp³-hybridized carbons (Fsp3) is 0.190. The molecule has 0 aliphatic heterocycles. The van der Waals surface area contributed by atoms with Gasteiger partial charge in [0.2, 0.25) is 5.43 Å². The molecule has 0 radical (unpaired) electrons. The highest BCUT2D eigenvalue weighted by Crippen LogP contribution is 2.21. The summed E-state index contributed by atoms with van der Waals surface area (Å²) in [6.45, 7) is 2.45. The van der Waals surface area contributed by atoms with Gasteiger partial charge in [-0.05, 0) is 30.2 Å². The Morgan fingerprint density at radius 2 is 1.77 bits per heavy atom. The summed E-state index contributed by atoms with van der Waals surface area (Å²) < 4.78 is 7.59. The molecule has 1 atom stereocenters. The Kier molecular flexibility index (Phi) is 5.76. The largest absolute Gasteiger partial charge is 0.483 e. The monoisotopic (exact) mass is 369 g/mol. The molecule has 5 heteroatoms. The molecule has 0 unspecified atom stereocenters. The van der Waals surface area contributed by atoms with Crippen molar-refractivity contribution in [2.75, 3.05) is 0 Å². The molecular weight excluding hydrogens is 350 g/mol. The highest BCUT2D eigenvalue weighted by atomic mass is 35.5. The maximum Gasteiger partial charge on any atom is 0.223 e. The third-order valence-corrected chi connectivity index (χ3v) is 4.49. The molecular formula is C21H20ClNO3. The van der Waals surface area contributed by atoms with Gasteiger partial charge in [0.15, 0.2) is 5.75 Å². The zero-order chi connectivity index (χ0) is 18.5. The maximum atomic E-state index is 12.2. The van der Waals surface area contributed by atoms with Crippen LogP contribution in [0.25, 0.3) is 0 Å². The Labute approximate surface area is 157 Å². The second-order valence-corrected chi connectivity index (χ2v) is 6.52. The summed E-state index contributed by atoms with van der Waals surface area (Å²) >= 11 is 5.89. The van der Waals surface area contributed by atoms with Crippen LogP contribution in [-0.2, 0) is 13.2 Å². The second-order valence-electron chi connectivity index (χ2n) is 6.09. The van der Waals surface area contributed by atoms with Crippen molar-refractivity contribution in [3.05, 3.63) is 98.9 Å². The van der Waals surface area contributed by atoms with Gasteiger partial charge < -0.3 is 14.4 Å². The smallest absolute Gasteiger partial charge is 0.223 e. The minimum Gasteiger partial charge on any atom is -0.483 e. The van der Waals surface area contributed by atoms with Crippen LogP contribution in [0.3, 0.4) is 0 Å². The molecule has 0 aliphatic rings. The Morgan fingerprint density at radius 3 is 2.46 bits per heavy atom. The van der Waals surface area contributed by atoms with Crippen LogP contribution in [-0.4, -0.2) is 9.67 Å². The van der Waals surface area contributed by atoms with Crippen molar-refractivity contribution in [3.8, 4) is 5.75 Å². The lowest BCUT2D eigenvalue weighted by Gasteiger charge is -2.18. The van der Waals surface area contributed by atoms with Gasteiger partial charge in [-0.3, -0.25) is 4.79 Å². The van der Waals surface area contributed by atoms with Crippen LogP contribution in [0.5, 0.6) is 5.75 Å². The Morgan fingerprint density at radius 1 is 1.08 bits per heavy atom. The van der Waals surface area contributed by atoms with Gasteiger partial charge in [-0.2, -0.15) is 0 Å². The van der Waals surface area contributed by atoms with E-state index in [0.29, 0.717) is 29.6 Å². The van der Waals surface area contributed by atoms with Crippen LogP contribution in [0, 0.1) is 6.92 Å². The van der Waals surface area contributed by atoms with Crippen molar-refractivity contribution >= 4 is 11.6 Å². The molecule has 0 saturated heterocycles. The molecule has 0 aliphatic carbocycles. The lowest BCUT2D eigenvalue weighted by molar-refractivity contribution is 0.154. The summed E-state index contributed by atoms with van der Waals surface area (Å²) in [5.41, 5.74) is 2.26. The van der Waals surface area contributed by atoms with Crippen LogP contribution < -0.4 is 10.2 Å². The minimum absolute atomic E-state index is 0.171. The van der Waals surface area contributed by atoms with Gasteiger partial charge in [-0.15, -0.1) is 0 Å². The van der Waals surface area contributed by atoms with Crippen molar-refractivity contribution in [1.82, 2.24) is 4.57 Å². The molecule has 3 rings (SSSR count). The first-order chi connectivity index (χ1) is 12.5. The molecule has 0 bridgehead atoms. The molecule has 1 aromatic heterocycles. The number of halogens is 1. The third-order valence-electron chi connectivity index (χ3n) is 4.24. The summed E-state index contributed by atoms with van der Waals surface area (Å²) in [5.74, 6) is 0.305. The lowest BCUT2D eigenvalue weighted by Crippen LogP contribution is -2.17. The van der Waals surface area contributed by atoms with Crippen LogP contribution in [0.2, 0.25) is 5.02 Å². The molecule has 1 heterocycles. The SMILES string of the molecule is Cc1c(OCc2ccccc2)c(=O)ccn1C[C@@H](O)c1ccc(Cl)cc1. The van der Waals surface area contributed by atoms with E-state index in [1.165, 1.54) is 6.07 Å². The van der Waals surface area contributed by atoms with Crippen LogP contribution in [0.1, 0.15) is 22.9 Å². The Hall–Kier alpha value is -2.56. The van der Waals surface area contributed by atoms with Gasteiger partial charge in [0, 0.05) is 17.3 Å². The Bertz CT molecular complexity index is 920. The standard InChI is InChI=1S/C21H20ClNO3/c1-15-21(26-14-16-5-3-2-4-6-16)19(24)11-12-23(15)13-20(25)17-7-9-18(22)10-8-17/h2-12,20,25H,13-14H2,1H3/t20-/m1/s1. The minimum atomic E-state index is -0.713. The van der Waals surface area contributed by atoms with Crippen LogP contribution in [0.15, 0.2) is 71.7 Å². The van der Waals surface area contributed by atoms with E-state index in [9.17, 15) is 9.90 Å². The average molecular weight is 370 g/mol. The van der Waals surface area contributed by atoms with E-state index in [1.54, 1.807) is 30.5 Å². The fourth-order valence-electron chi connectivity index (χ4n) is 2.73. The molecule has 4 nitrogen and oxygen atoms in total.